The van der Waals surface area contributed by atoms with Gasteiger partial charge in [0.25, 0.3) is 5.91 Å². The Hall–Kier alpha value is -3.11. The van der Waals surface area contributed by atoms with Crippen LogP contribution >= 0.6 is 11.8 Å². The summed E-state index contributed by atoms with van der Waals surface area (Å²) < 4.78 is 0. The molecular formula is C27H26N2OS. The lowest BCUT2D eigenvalue weighted by atomic mass is 9.87. The van der Waals surface area contributed by atoms with Crippen LogP contribution in [0.4, 0.5) is 5.69 Å². The minimum atomic E-state index is -0.0107. The number of carbonyl (C=O) groups is 1. The molecule has 156 valence electrons. The second kappa shape index (κ2) is 8.94. The highest BCUT2D eigenvalue weighted by atomic mass is 32.2. The van der Waals surface area contributed by atoms with Gasteiger partial charge in [-0.05, 0) is 52.1 Å². The van der Waals surface area contributed by atoms with Crippen molar-refractivity contribution in [2.24, 2.45) is 4.99 Å². The Kier molecular flexibility index (Phi) is 6.10. The molecule has 1 aliphatic heterocycles. The Balaban J connectivity index is 1.66. The molecule has 31 heavy (non-hydrogen) atoms. The van der Waals surface area contributed by atoms with Crippen LogP contribution in [0, 0.1) is 0 Å². The van der Waals surface area contributed by atoms with Gasteiger partial charge in [0.1, 0.15) is 0 Å². The van der Waals surface area contributed by atoms with Crippen LogP contribution in [0.15, 0.2) is 94.8 Å². The molecule has 1 amide bonds. The van der Waals surface area contributed by atoms with Gasteiger partial charge < -0.3 is 0 Å². The van der Waals surface area contributed by atoms with E-state index >= 15 is 0 Å². The number of carbonyl (C=O) groups excluding carboxylic acids is 1. The molecule has 0 radical (unpaired) electrons. The van der Waals surface area contributed by atoms with Crippen molar-refractivity contribution < 1.29 is 4.79 Å². The van der Waals surface area contributed by atoms with Crippen molar-refractivity contribution in [1.29, 1.82) is 0 Å². The van der Waals surface area contributed by atoms with Crippen molar-refractivity contribution in [3.63, 3.8) is 0 Å². The van der Waals surface area contributed by atoms with Gasteiger partial charge in [-0.25, -0.2) is 4.99 Å². The van der Waals surface area contributed by atoms with Crippen molar-refractivity contribution in [1.82, 2.24) is 4.90 Å². The van der Waals surface area contributed by atoms with E-state index in [0.717, 1.165) is 16.8 Å². The van der Waals surface area contributed by atoms with Gasteiger partial charge in [-0.1, -0.05) is 93.6 Å². The average Bonchev–Trinajstić information content (AvgIpc) is 3.04. The van der Waals surface area contributed by atoms with Crippen LogP contribution in [0.5, 0.6) is 0 Å². The first-order valence-corrected chi connectivity index (χ1v) is 11.2. The molecule has 4 heteroatoms. The summed E-state index contributed by atoms with van der Waals surface area (Å²) in [7, 11) is 0. The molecule has 4 rings (SSSR count). The fourth-order valence-electron chi connectivity index (χ4n) is 3.34. The predicted molar refractivity (Wildman–Crippen MR) is 131 cm³/mol. The molecule has 0 atom stereocenters. The molecule has 3 aromatic rings. The summed E-state index contributed by atoms with van der Waals surface area (Å²) >= 11 is 1.43. The number of aliphatic imine (C=N–C) groups is 1. The van der Waals surface area contributed by atoms with Gasteiger partial charge >= 0.3 is 0 Å². The molecule has 0 aliphatic carbocycles. The number of benzene rings is 3. The zero-order valence-corrected chi connectivity index (χ0v) is 18.9. The molecule has 0 aromatic heterocycles. The third-order valence-corrected chi connectivity index (χ3v) is 6.13. The van der Waals surface area contributed by atoms with Crippen LogP contribution in [-0.2, 0) is 16.8 Å². The Morgan fingerprint density at radius 2 is 1.48 bits per heavy atom. The first-order chi connectivity index (χ1) is 14.9. The van der Waals surface area contributed by atoms with Gasteiger partial charge in [-0.3, -0.25) is 9.69 Å². The number of hydrogen-bond donors (Lipinski definition) is 0. The molecule has 0 unspecified atom stereocenters. The summed E-state index contributed by atoms with van der Waals surface area (Å²) in [5, 5.41) is 0.706. The van der Waals surface area contributed by atoms with Crippen molar-refractivity contribution in [3.8, 4) is 0 Å². The van der Waals surface area contributed by atoms with Crippen molar-refractivity contribution in [2.45, 2.75) is 32.7 Å². The van der Waals surface area contributed by atoms with E-state index in [0.29, 0.717) is 16.6 Å². The van der Waals surface area contributed by atoms with Gasteiger partial charge in [-0.2, -0.15) is 0 Å². The fourth-order valence-corrected chi connectivity index (χ4v) is 4.34. The quantitative estimate of drug-likeness (QED) is 0.430. The smallest absolute Gasteiger partial charge is 0.267 e. The Labute approximate surface area is 188 Å². The molecule has 0 saturated carbocycles. The van der Waals surface area contributed by atoms with Crippen LogP contribution in [0.25, 0.3) is 6.08 Å². The van der Waals surface area contributed by atoms with Gasteiger partial charge in [0.15, 0.2) is 5.17 Å². The lowest BCUT2D eigenvalue weighted by Gasteiger charge is -2.18. The molecule has 0 bridgehead atoms. The summed E-state index contributed by atoms with van der Waals surface area (Å²) in [6.45, 7) is 7.10. The molecule has 1 fully saturated rings. The maximum absolute atomic E-state index is 13.3. The molecular weight excluding hydrogens is 400 g/mol. The van der Waals surface area contributed by atoms with Crippen LogP contribution in [-0.4, -0.2) is 16.0 Å². The van der Waals surface area contributed by atoms with E-state index in [-0.39, 0.29) is 11.3 Å². The molecule has 0 spiro atoms. The van der Waals surface area contributed by atoms with E-state index in [1.54, 1.807) is 4.90 Å². The number of hydrogen-bond acceptors (Lipinski definition) is 3. The first kappa shape index (κ1) is 21.1. The molecule has 1 aliphatic rings. The van der Waals surface area contributed by atoms with E-state index < -0.39 is 0 Å². The zero-order valence-electron chi connectivity index (χ0n) is 18.1. The third-order valence-electron chi connectivity index (χ3n) is 5.13. The monoisotopic (exact) mass is 426 g/mol. The van der Waals surface area contributed by atoms with E-state index in [1.165, 1.54) is 17.3 Å². The van der Waals surface area contributed by atoms with Crippen molar-refractivity contribution in [3.05, 3.63) is 107 Å². The summed E-state index contributed by atoms with van der Waals surface area (Å²) in [6.07, 6.45) is 1.96. The minimum absolute atomic E-state index is 0.0107. The van der Waals surface area contributed by atoms with Crippen LogP contribution in [0.1, 0.15) is 37.5 Å². The van der Waals surface area contributed by atoms with Crippen LogP contribution in [0.3, 0.4) is 0 Å². The largest absolute Gasteiger partial charge is 0.282 e. The highest BCUT2D eigenvalue weighted by molar-refractivity contribution is 8.18. The second-order valence-electron chi connectivity index (χ2n) is 8.59. The third kappa shape index (κ3) is 5.15. The molecule has 3 nitrogen and oxygen atoms in total. The summed E-state index contributed by atoms with van der Waals surface area (Å²) in [5.41, 5.74) is 4.31. The summed E-state index contributed by atoms with van der Waals surface area (Å²) in [6, 6.07) is 28.2. The molecule has 1 heterocycles. The van der Waals surface area contributed by atoms with E-state index in [2.05, 4.69) is 45.0 Å². The maximum Gasteiger partial charge on any atom is 0.267 e. The van der Waals surface area contributed by atoms with E-state index in [4.69, 9.17) is 4.99 Å². The number of amides is 1. The first-order valence-electron chi connectivity index (χ1n) is 10.4. The van der Waals surface area contributed by atoms with Gasteiger partial charge in [-0.15, -0.1) is 0 Å². The van der Waals surface area contributed by atoms with Crippen molar-refractivity contribution in [2.75, 3.05) is 0 Å². The van der Waals surface area contributed by atoms with Gasteiger partial charge in [0.2, 0.25) is 0 Å². The van der Waals surface area contributed by atoms with Gasteiger partial charge in [0, 0.05) is 0 Å². The highest BCUT2D eigenvalue weighted by Crippen LogP contribution is 2.35. The van der Waals surface area contributed by atoms with Gasteiger partial charge in [0.05, 0.1) is 17.1 Å². The number of amidine groups is 1. The lowest BCUT2D eigenvalue weighted by Crippen LogP contribution is -2.28. The normalized spacial score (nSPS) is 17.0. The van der Waals surface area contributed by atoms with Crippen LogP contribution in [0.2, 0.25) is 0 Å². The second-order valence-corrected chi connectivity index (χ2v) is 9.60. The Bertz CT molecular complexity index is 1110. The number of rotatable bonds is 4. The SMILES string of the molecule is CC(C)(C)c1ccc(/C=C2/SC(=Nc3ccccc3)N(Cc3ccccc3)C2=O)cc1. The Morgan fingerprint density at radius 3 is 2.10 bits per heavy atom. The lowest BCUT2D eigenvalue weighted by molar-refractivity contribution is -0.122. The zero-order chi connectivity index (χ0) is 21.8. The highest BCUT2D eigenvalue weighted by Gasteiger charge is 2.33. The van der Waals surface area contributed by atoms with Crippen molar-refractivity contribution >= 4 is 34.6 Å². The van der Waals surface area contributed by atoms with Crippen LogP contribution < -0.4 is 0 Å². The average molecular weight is 427 g/mol. The maximum atomic E-state index is 13.3. The molecule has 0 N–H and O–H groups in total. The number of thioether (sulfide) groups is 1. The number of nitrogens with zero attached hydrogens (tertiary/aromatic N) is 2. The number of para-hydroxylation sites is 1. The van der Waals surface area contributed by atoms with E-state index in [1.807, 2.05) is 66.7 Å². The molecule has 1 saturated heterocycles. The van der Waals surface area contributed by atoms with E-state index in [9.17, 15) is 4.79 Å². The minimum Gasteiger partial charge on any atom is -0.282 e. The molecule has 3 aromatic carbocycles. The predicted octanol–water partition coefficient (Wildman–Crippen LogP) is 6.79. The topological polar surface area (TPSA) is 32.7 Å². The summed E-state index contributed by atoms with van der Waals surface area (Å²) in [5.74, 6) is -0.0107. The Morgan fingerprint density at radius 1 is 0.871 bits per heavy atom. The fraction of sp³-hybridized carbons (Fsp3) is 0.185. The summed E-state index contributed by atoms with van der Waals surface area (Å²) in [4.78, 5) is 20.5. The standard InChI is InChI=1S/C27H26N2OS/c1-27(2,3)22-16-14-20(15-17-22)18-24-25(30)29(19-21-10-6-4-7-11-21)26(31-24)28-23-12-8-5-9-13-23/h4-18H,19H2,1-3H3/b24-18+,28-26?.